The van der Waals surface area contributed by atoms with Crippen LogP contribution in [0.4, 0.5) is 0 Å². The molecule has 1 saturated heterocycles. The first-order valence-corrected chi connectivity index (χ1v) is 2.56. The monoisotopic (exact) mass is 116 g/mol. The van der Waals surface area contributed by atoms with Gasteiger partial charge in [0.25, 0.3) is 0 Å². The average molecular weight is 116 g/mol. The molecule has 1 heterocycles. The maximum Gasteiger partial charge on any atom is 0.337 e. The minimum Gasteiger partial charge on any atom is -0.434 e. The van der Waals surface area contributed by atoms with E-state index in [2.05, 4.69) is 4.74 Å². The molecule has 0 bridgehead atoms. The number of hydrogen-bond donors (Lipinski definition) is 0. The second kappa shape index (κ2) is 1.74. The van der Waals surface area contributed by atoms with E-state index in [0.717, 1.165) is 0 Å². The van der Waals surface area contributed by atoms with Gasteiger partial charge in [-0.1, -0.05) is 0 Å². The zero-order chi connectivity index (χ0) is 6.15. The summed E-state index contributed by atoms with van der Waals surface area (Å²) in [4.78, 5) is 10.4. The predicted octanol–water partition coefficient (Wildman–Crippen LogP) is 0.294. The van der Waals surface area contributed by atoms with Gasteiger partial charge in [0.2, 0.25) is 6.29 Å². The first-order valence-electron chi connectivity index (χ1n) is 2.56. The topological polar surface area (TPSA) is 35.5 Å². The lowest BCUT2D eigenvalue weighted by molar-refractivity contribution is -0.142. The van der Waals surface area contributed by atoms with E-state index in [-0.39, 0.29) is 18.4 Å². The molecule has 0 aromatic heterocycles. The average Bonchev–Trinajstić information content (AvgIpc) is 1.85. The van der Waals surface area contributed by atoms with E-state index in [1.807, 2.05) is 0 Å². The molecule has 46 valence electrons. The smallest absolute Gasteiger partial charge is 0.337 e. The molecule has 3 nitrogen and oxygen atoms in total. The molecular formula is C5H8O3. The lowest BCUT2D eigenvalue weighted by atomic mass is 10.4. The molecule has 0 amide bonds. The number of carbonyl (C=O) groups is 1. The van der Waals surface area contributed by atoms with Crippen molar-refractivity contribution >= 4 is 5.97 Å². The van der Waals surface area contributed by atoms with Crippen LogP contribution in [-0.2, 0) is 14.3 Å². The molecule has 0 N–H and O–H groups in total. The van der Waals surface area contributed by atoms with E-state index < -0.39 is 0 Å². The third kappa shape index (κ3) is 0.816. The fourth-order valence-electron chi connectivity index (χ4n) is 0.630. The second-order valence-electron chi connectivity index (χ2n) is 1.78. The molecule has 2 atom stereocenters. The summed E-state index contributed by atoms with van der Waals surface area (Å²) < 4.78 is 9.51. The number of rotatable bonds is 0. The Morgan fingerprint density at radius 1 is 1.50 bits per heavy atom. The van der Waals surface area contributed by atoms with Crippen molar-refractivity contribution in [2.24, 2.45) is 0 Å². The summed E-state index contributed by atoms with van der Waals surface area (Å²) in [6.07, 6.45) is -0.720. The summed E-state index contributed by atoms with van der Waals surface area (Å²) in [5.41, 5.74) is 0. The molecule has 1 fully saturated rings. The van der Waals surface area contributed by atoms with Gasteiger partial charge in [-0.2, -0.15) is 0 Å². The highest BCUT2D eigenvalue weighted by Crippen LogP contribution is 2.10. The Morgan fingerprint density at radius 2 is 2.12 bits per heavy atom. The highest BCUT2D eigenvalue weighted by Gasteiger charge is 2.27. The highest BCUT2D eigenvalue weighted by molar-refractivity contribution is 5.75. The molecular weight excluding hydrogens is 108 g/mol. The van der Waals surface area contributed by atoms with Gasteiger partial charge in [-0.25, -0.2) is 4.79 Å². The van der Waals surface area contributed by atoms with Gasteiger partial charge in [0.15, 0.2) is 6.10 Å². The second-order valence-corrected chi connectivity index (χ2v) is 1.78. The van der Waals surface area contributed by atoms with E-state index in [1.54, 1.807) is 13.8 Å². The quantitative estimate of drug-likeness (QED) is 0.427. The lowest BCUT2D eigenvalue weighted by Gasteiger charge is -1.96. The van der Waals surface area contributed by atoms with Gasteiger partial charge in [-0.15, -0.1) is 0 Å². The zero-order valence-corrected chi connectivity index (χ0v) is 4.88. The number of carbonyl (C=O) groups excluding carboxylic acids is 1. The van der Waals surface area contributed by atoms with Gasteiger partial charge in [0.05, 0.1) is 0 Å². The number of ether oxygens (including phenoxy) is 2. The Hall–Kier alpha value is -0.570. The van der Waals surface area contributed by atoms with Crippen LogP contribution in [-0.4, -0.2) is 18.4 Å². The molecule has 0 aromatic carbocycles. The first kappa shape index (κ1) is 5.56. The molecule has 3 heteroatoms. The van der Waals surface area contributed by atoms with Gasteiger partial charge in [-0.05, 0) is 13.8 Å². The predicted molar refractivity (Wildman–Crippen MR) is 26.1 cm³/mol. The maximum atomic E-state index is 10.4. The fraction of sp³-hybridized carbons (Fsp3) is 0.800. The highest BCUT2D eigenvalue weighted by atomic mass is 16.7. The van der Waals surface area contributed by atoms with Crippen molar-refractivity contribution < 1.29 is 14.3 Å². The van der Waals surface area contributed by atoms with Gasteiger partial charge >= 0.3 is 5.97 Å². The van der Waals surface area contributed by atoms with Gasteiger partial charge in [0.1, 0.15) is 0 Å². The molecule has 0 radical (unpaired) electrons. The summed E-state index contributed by atoms with van der Waals surface area (Å²) in [6.45, 7) is 3.37. The van der Waals surface area contributed by atoms with Crippen LogP contribution in [0.15, 0.2) is 0 Å². The van der Waals surface area contributed by atoms with Crippen LogP contribution in [0.1, 0.15) is 13.8 Å². The van der Waals surface area contributed by atoms with Crippen molar-refractivity contribution in [1.29, 1.82) is 0 Å². The SMILES string of the molecule is C[C@@H]1OC(=O)[C@@H](C)O1. The van der Waals surface area contributed by atoms with Crippen molar-refractivity contribution in [2.75, 3.05) is 0 Å². The summed E-state index contributed by atoms with van der Waals surface area (Å²) >= 11 is 0. The zero-order valence-electron chi connectivity index (χ0n) is 4.88. The summed E-state index contributed by atoms with van der Waals surface area (Å²) in [5.74, 6) is -0.266. The van der Waals surface area contributed by atoms with Crippen LogP contribution in [0.5, 0.6) is 0 Å². The normalized spacial score (nSPS) is 37.5. The van der Waals surface area contributed by atoms with Crippen LogP contribution in [0.3, 0.4) is 0 Å². The molecule has 0 aromatic rings. The van der Waals surface area contributed by atoms with E-state index in [1.165, 1.54) is 0 Å². The van der Waals surface area contributed by atoms with Gasteiger partial charge in [-0.3, -0.25) is 0 Å². The maximum absolute atomic E-state index is 10.4. The van der Waals surface area contributed by atoms with E-state index in [4.69, 9.17) is 4.74 Å². The first-order chi connectivity index (χ1) is 3.70. The lowest BCUT2D eigenvalue weighted by Crippen LogP contribution is -2.09. The Labute approximate surface area is 47.6 Å². The molecule has 1 aliphatic rings. The van der Waals surface area contributed by atoms with Gasteiger partial charge in [0, 0.05) is 0 Å². The summed E-state index contributed by atoms with van der Waals surface area (Å²) in [7, 11) is 0. The van der Waals surface area contributed by atoms with Crippen molar-refractivity contribution in [2.45, 2.75) is 26.2 Å². The molecule has 8 heavy (non-hydrogen) atoms. The minimum absolute atomic E-state index is 0.266. The molecule has 0 unspecified atom stereocenters. The molecule has 0 saturated carbocycles. The molecule has 0 spiro atoms. The Kier molecular flexibility index (Phi) is 1.21. The molecule has 0 aliphatic carbocycles. The minimum atomic E-state index is -0.370. The molecule has 1 aliphatic heterocycles. The van der Waals surface area contributed by atoms with Crippen molar-refractivity contribution in [3.63, 3.8) is 0 Å². The van der Waals surface area contributed by atoms with Crippen molar-refractivity contribution in [1.82, 2.24) is 0 Å². The van der Waals surface area contributed by atoms with Gasteiger partial charge < -0.3 is 9.47 Å². The van der Waals surface area contributed by atoms with Crippen molar-refractivity contribution in [3.05, 3.63) is 0 Å². The fourth-order valence-corrected chi connectivity index (χ4v) is 0.630. The van der Waals surface area contributed by atoms with E-state index >= 15 is 0 Å². The van der Waals surface area contributed by atoms with Crippen LogP contribution in [0.2, 0.25) is 0 Å². The van der Waals surface area contributed by atoms with E-state index in [0.29, 0.717) is 0 Å². The number of esters is 1. The van der Waals surface area contributed by atoms with Crippen molar-refractivity contribution in [3.8, 4) is 0 Å². The largest absolute Gasteiger partial charge is 0.434 e. The van der Waals surface area contributed by atoms with Crippen LogP contribution in [0.25, 0.3) is 0 Å². The van der Waals surface area contributed by atoms with E-state index in [9.17, 15) is 4.79 Å². The summed E-state index contributed by atoms with van der Waals surface area (Å²) in [6, 6.07) is 0. The Balaban J connectivity index is 2.51. The van der Waals surface area contributed by atoms with Crippen LogP contribution < -0.4 is 0 Å². The third-order valence-corrected chi connectivity index (χ3v) is 1.01. The number of cyclic esters (lactones) is 1. The Morgan fingerprint density at radius 3 is 2.25 bits per heavy atom. The van der Waals surface area contributed by atoms with Crippen LogP contribution in [0, 0.1) is 0 Å². The van der Waals surface area contributed by atoms with Crippen LogP contribution >= 0.6 is 0 Å². The standard InChI is InChI=1S/C5H8O3/c1-3-5(6)8-4(2)7-3/h3-4H,1-2H3/t3-,4+/m1/s1. The summed E-state index contributed by atoms with van der Waals surface area (Å²) in [5, 5.41) is 0. The molecule has 1 rings (SSSR count). The number of hydrogen-bond acceptors (Lipinski definition) is 3. The Bertz CT molecular complexity index is 110. The third-order valence-electron chi connectivity index (χ3n) is 1.01.